The van der Waals surface area contributed by atoms with Crippen LogP contribution in [0.5, 0.6) is 0 Å². The lowest BCUT2D eigenvalue weighted by molar-refractivity contribution is -0.125. The summed E-state index contributed by atoms with van der Waals surface area (Å²) >= 11 is 6.16. The van der Waals surface area contributed by atoms with Gasteiger partial charge >= 0.3 is 0 Å². The molecule has 3 aromatic carbocycles. The maximum atomic E-state index is 14.2. The third-order valence-corrected chi connectivity index (χ3v) is 6.34. The normalized spacial score (nSPS) is 18.5. The van der Waals surface area contributed by atoms with Gasteiger partial charge in [-0.3, -0.25) is 14.5 Å². The number of anilines is 1. The van der Waals surface area contributed by atoms with Gasteiger partial charge in [0.05, 0.1) is 11.2 Å². The minimum Gasteiger partial charge on any atom is -0.324 e. The van der Waals surface area contributed by atoms with Crippen molar-refractivity contribution in [1.29, 1.82) is 0 Å². The Hall–Kier alpha value is -3.02. The first-order valence-electron chi connectivity index (χ1n) is 10.6. The van der Waals surface area contributed by atoms with Crippen LogP contribution in [0.4, 0.5) is 10.1 Å². The topological polar surface area (TPSA) is 49.4 Å². The Balaban J connectivity index is 1.59. The van der Waals surface area contributed by atoms with Gasteiger partial charge in [0.1, 0.15) is 5.82 Å². The molecule has 0 bridgehead atoms. The Morgan fingerprint density at radius 3 is 2.53 bits per heavy atom. The first kappa shape index (κ1) is 22.2. The lowest BCUT2D eigenvalue weighted by Gasteiger charge is -2.34. The second kappa shape index (κ2) is 9.23. The van der Waals surface area contributed by atoms with Crippen molar-refractivity contribution in [2.75, 3.05) is 11.9 Å². The van der Waals surface area contributed by atoms with E-state index in [-0.39, 0.29) is 17.5 Å². The van der Waals surface area contributed by atoms with Gasteiger partial charge < -0.3 is 5.32 Å². The number of amides is 1. The van der Waals surface area contributed by atoms with E-state index in [4.69, 9.17) is 11.6 Å². The minimum atomic E-state index is -0.824. The third kappa shape index (κ3) is 4.45. The van der Waals surface area contributed by atoms with Crippen LogP contribution in [0.1, 0.15) is 41.3 Å². The second-order valence-corrected chi connectivity index (χ2v) is 8.67. The molecule has 1 atom stereocenters. The molecule has 1 saturated heterocycles. The van der Waals surface area contributed by atoms with Crippen LogP contribution >= 0.6 is 11.6 Å². The minimum absolute atomic E-state index is 0.219. The highest BCUT2D eigenvalue weighted by Crippen LogP contribution is 2.33. The number of nitrogens with one attached hydrogen (secondary N) is 1. The van der Waals surface area contributed by atoms with Crippen molar-refractivity contribution in [2.24, 2.45) is 0 Å². The summed E-state index contributed by atoms with van der Waals surface area (Å²) in [5.41, 5.74) is 0.986. The lowest BCUT2D eigenvalue weighted by atomic mass is 9.96. The number of carbonyl (C=O) groups is 2. The molecular formula is C26H24ClFN2O2. The van der Waals surface area contributed by atoms with Crippen LogP contribution in [0.2, 0.25) is 5.02 Å². The average molecular weight is 451 g/mol. The third-order valence-electron chi connectivity index (χ3n) is 6.11. The molecule has 4 nitrogen and oxygen atoms in total. The molecular weight excluding hydrogens is 427 g/mol. The highest BCUT2D eigenvalue weighted by Gasteiger charge is 2.43. The Morgan fingerprint density at radius 1 is 1.06 bits per heavy atom. The van der Waals surface area contributed by atoms with Gasteiger partial charge in [-0.25, -0.2) is 4.39 Å². The second-order valence-electron chi connectivity index (χ2n) is 8.23. The molecule has 0 saturated carbocycles. The monoisotopic (exact) mass is 450 g/mol. The molecule has 0 aliphatic carbocycles. The summed E-state index contributed by atoms with van der Waals surface area (Å²) in [6.45, 7) is 2.90. The van der Waals surface area contributed by atoms with Crippen molar-refractivity contribution in [3.63, 3.8) is 0 Å². The summed E-state index contributed by atoms with van der Waals surface area (Å²) < 4.78 is 14.2. The number of likely N-dealkylation sites (tertiary alicyclic amines) is 1. The standard InChI is InChI=1S/C26H24ClFN2O2/c1-26(14-7-15-30(26)17-19-10-5-6-11-22(19)28)25(32)29-23-13-12-20(27)16-21(23)24(31)18-8-3-2-4-9-18/h2-6,8-13,16H,7,14-15,17H2,1H3,(H,29,32)/t26-/m1/s1. The largest absolute Gasteiger partial charge is 0.324 e. The van der Waals surface area contributed by atoms with Crippen LogP contribution in [-0.2, 0) is 11.3 Å². The first-order valence-corrected chi connectivity index (χ1v) is 11.0. The summed E-state index contributed by atoms with van der Waals surface area (Å²) in [6.07, 6.45) is 1.47. The Morgan fingerprint density at radius 2 is 1.78 bits per heavy atom. The van der Waals surface area contributed by atoms with E-state index in [1.165, 1.54) is 6.07 Å². The van der Waals surface area contributed by atoms with Crippen LogP contribution in [0, 0.1) is 5.82 Å². The summed E-state index contributed by atoms with van der Waals surface area (Å²) in [4.78, 5) is 28.5. The van der Waals surface area contributed by atoms with E-state index in [1.54, 1.807) is 60.7 Å². The lowest BCUT2D eigenvalue weighted by Crippen LogP contribution is -2.50. The number of halogens is 2. The van der Waals surface area contributed by atoms with Crippen LogP contribution in [0.15, 0.2) is 72.8 Å². The predicted molar refractivity (Wildman–Crippen MR) is 124 cm³/mol. The number of rotatable bonds is 6. The molecule has 0 spiro atoms. The Labute approximate surface area is 192 Å². The van der Waals surface area contributed by atoms with E-state index in [9.17, 15) is 14.0 Å². The summed E-state index contributed by atoms with van der Waals surface area (Å²) in [5.74, 6) is -0.727. The van der Waals surface area contributed by atoms with Crippen molar-refractivity contribution in [2.45, 2.75) is 31.8 Å². The van der Waals surface area contributed by atoms with Gasteiger partial charge in [-0.05, 0) is 50.6 Å². The summed E-state index contributed by atoms with van der Waals surface area (Å²) in [7, 11) is 0. The fraction of sp³-hybridized carbons (Fsp3) is 0.231. The number of benzene rings is 3. The molecule has 1 heterocycles. The van der Waals surface area contributed by atoms with Gasteiger partial charge in [-0.2, -0.15) is 0 Å². The van der Waals surface area contributed by atoms with Gasteiger partial charge in [0.25, 0.3) is 0 Å². The molecule has 1 fully saturated rings. The number of hydrogen-bond acceptors (Lipinski definition) is 3. The molecule has 6 heteroatoms. The predicted octanol–water partition coefficient (Wildman–Crippen LogP) is 5.70. The average Bonchev–Trinajstić information content (AvgIpc) is 3.18. The molecule has 3 aromatic rings. The molecule has 1 aliphatic heterocycles. The zero-order valence-corrected chi connectivity index (χ0v) is 18.5. The van der Waals surface area contributed by atoms with Crippen LogP contribution in [-0.4, -0.2) is 28.7 Å². The smallest absolute Gasteiger partial charge is 0.244 e. The summed E-state index contributed by atoms with van der Waals surface area (Å²) in [6, 6.07) is 20.3. The van der Waals surface area contributed by atoms with E-state index >= 15 is 0 Å². The van der Waals surface area contributed by atoms with E-state index in [0.29, 0.717) is 46.9 Å². The van der Waals surface area contributed by atoms with Crippen LogP contribution < -0.4 is 5.32 Å². The zero-order valence-electron chi connectivity index (χ0n) is 17.8. The van der Waals surface area contributed by atoms with Crippen molar-refractivity contribution in [3.8, 4) is 0 Å². The highest BCUT2D eigenvalue weighted by molar-refractivity contribution is 6.31. The van der Waals surface area contributed by atoms with E-state index < -0.39 is 5.54 Å². The van der Waals surface area contributed by atoms with Crippen LogP contribution in [0.3, 0.4) is 0 Å². The van der Waals surface area contributed by atoms with Gasteiger partial charge in [0.15, 0.2) is 5.78 Å². The summed E-state index contributed by atoms with van der Waals surface area (Å²) in [5, 5.41) is 3.36. The number of nitrogens with zero attached hydrogens (tertiary/aromatic N) is 1. The van der Waals surface area contributed by atoms with Gasteiger partial charge in [-0.1, -0.05) is 60.1 Å². The van der Waals surface area contributed by atoms with E-state index in [2.05, 4.69) is 5.32 Å². The molecule has 4 rings (SSSR count). The molecule has 1 N–H and O–H groups in total. The SMILES string of the molecule is C[C@]1(C(=O)Nc2ccc(Cl)cc2C(=O)c2ccccc2)CCCN1Cc1ccccc1F. The molecule has 0 aromatic heterocycles. The van der Waals surface area contributed by atoms with E-state index in [0.717, 1.165) is 6.42 Å². The molecule has 164 valence electrons. The molecule has 1 amide bonds. The van der Waals surface area contributed by atoms with E-state index in [1.807, 2.05) is 17.9 Å². The highest BCUT2D eigenvalue weighted by atomic mass is 35.5. The molecule has 32 heavy (non-hydrogen) atoms. The van der Waals surface area contributed by atoms with Gasteiger partial charge in [-0.15, -0.1) is 0 Å². The molecule has 0 radical (unpaired) electrons. The van der Waals surface area contributed by atoms with Gasteiger partial charge in [0, 0.05) is 28.3 Å². The van der Waals surface area contributed by atoms with Gasteiger partial charge in [0.2, 0.25) is 5.91 Å². The molecule has 1 aliphatic rings. The maximum absolute atomic E-state index is 14.2. The fourth-order valence-electron chi connectivity index (χ4n) is 4.18. The fourth-order valence-corrected chi connectivity index (χ4v) is 4.35. The number of hydrogen-bond donors (Lipinski definition) is 1. The van der Waals surface area contributed by atoms with Crippen molar-refractivity contribution in [3.05, 3.63) is 100 Å². The van der Waals surface area contributed by atoms with Crippen molar-refractivity contribution in [1.82, 2.24) is 4.90 Å². The molecule has 0 unspecified atom stereocenters. The Bertz CT molecular complexity index is 1150. The van der Waals surface area contributed by atoms with Crippen molar-refractivity contribution < 1.29 is 14.0 Å². The van der Waals surface area contributed by atoms with Crippen molar-refractivity contribution >= 4 is 29.0 Å². The maximum Gasteiger partial charge on any atom is 0.244 e. The van der Waals surface area contributed by atoms with Crippen LogP contribution in [0.25, 0.3) is 0 Å². The number of ketones is 1. The first-order chi connectivity index (χ1) is 15.4. The Kier molecular flexibility index (Phi) is 6.40. The quantitative estimate of drug-likeness (QED) is 0.490. The number of carbonyl (C=O) groups excluding carboxylic acids is 2. The zero-order chi connectivity index (χ0) is 22.7.